The zero-order chi connectivity index (χ0) is 14.7. The summed E-state index contributed by atoms with van der Waals surface area (Å²) < 4.78 is 0. The van der Waals surface area contributed by atoms with E-state index in [-0.39, 0.29) is 37.3 Å². The molecular weight excluding hydrogens is 304 g/mol. The number of piperidine rings is 1. The van der Waals surface area contributed by atoms with Crippen molar-refractivity contribution in [2.75, 3.05) is 31.6 Å². The number of carbonyl (C=O) groups is 2. The van der Waals surface area contributed by atoms with Gasteiger partial charge in [0.25, 0.3) is 0 Å². The molecular formula is C15H21ClN4O2. The number of halogens is 1. The number of piperazine rings is 1. The maximum atomic E-state index is 11.3. The van der Waals surface area contributed by atoms with E-state index in [2.05, 4.69) is 28.2 Å². The summed E-state index contributed by atoms with van der Waals surface area (Å²) in [5.74, 6) is 0.0813. The van der Waals surface area contributed by atoms with Gasteiger partial charge in [0.15, 0.2) is 0 Å². The van der Waals surface area contributed by atoms with E-state index in [4.69, 9.17) is 0 Å². The van der Waals surface area contributed by atoms with Crippen LogP contribution in [0.15, 0.2) is 24.3 Å². The number of hydrogen-bond donors (Lipinski definition) is 3. The average Bonchev–Trinajstić information content (AvgIpc) is 2.48. The monoisotopic (exact) mass is 324 g/mol. The van der Waals surface area contributed by atoms with E-state index in [1.54, 1.807) is 5.01 Å². The molecule has 6 nitrogen and oxygen atoms in total. The first kappa shape index (κ1) is 16.7. The van der Waals surface area contributed by atoms with Gasteiger partial charge in [-0.15, -0.1) is 12.4 Å². The summed E-state index contributed by atoms with van der Waals surface area (Å²) in [7, 11) is 0. The number of amides is 2. The maximum absolute atomic E-state index is 11.3. The molecule has 0 spiro atoms. The van der Waals surface area contributed by atoms with Crippen molar-refractivity contribution in [3.63, 3.8) is 0 Å². The molecule has 2 aliphatic heterocycles. The number of hydrogen-bond acceptors (Lipinski definition) is 5. The Labute approximate surface area is 136 Å². The average molecular weight is 325 g/mol. The molecule has 0 unspecified atom stereocenters. The number of imide groups is 1. The molecule has 2 heterocycles. The molecule has 1 aromatic rings. The first-order chi connectivity index (χ1) is 10.2. The molecule has 0 bridgehead atoms. The van der Waals surface area contributed by atoms with Crippen LogP contribution >= 0.6 is 12.4 Å². The molecule has 1 aromatic carbocycles. The Morgan fingerprint density at radius 2 is 1.59 bits per heavy atom. The Morgan fingerprint density at radius 3 is 2.18 bits per heavy atom. The van der Waals surface area contributed by atoms with Crippen LogP contribution in [0.1, 0.15) is 24.3 Å². The van der Waals surface area contributed by atoms with Crippen molar-refractivity contribution in [3.05, 3.63) is 29.8 Å². The number of hydrazine groups is 1. The fourth-order valence-electron chi connectivity index (χ4n) is 2.88. The molecule has 0 aromatic heterocycles. The van der Waals surface area contributed by atoms with Gasteiger partial charge in [0.1, 0.15) is 0 Å². The molecule has 0 radical (unpaired) electrons. The maximum Gasteiger partial charge on any atom is 0.242 e. The van der Waals surface area contributed by atoms with Crippen LogP contribution in [0, 0.1) is 0 Å². The summed E-state index contributed by atoms with van der Waals surface area (Å²) in [5.41, 5.74) is 5.37. The van der Waals surface area contributed by atoms with Crippen molar-refractivity contribution in [2.24, 2.45) is 0 Å². The molecule has 0 atom stereocenters. The van der Waals surface area contributed by atoms with E-state index in [0.29, 0.717) is 5.92 Å². The summed E-state index contributed by atoms with van der Waals surface area (Å²) in [6, 6.07) is 8.27. The second kappa shape index (κ2) is 7.58. The number of nitrogens with zero attached hydrogens (tertiary/aromatic N) is 1. The third kappa shape index (κ3) is 4.19. The van der Waals surface area contributed by atoms with E-state index >= 15 is 0 Å². The van der Waals surface area contributed by atoms with Crippen molar-refractivity contribution < 1.29 is 9.59 Å². The Morgan fingerprint density at radius 1 is 1.00 bits per heavy atom. The summed E-state index contributed by atoms with van der Waals surface area (Å²) >= 11 is 0. The fourth-order valence-corrected chi connectivity index (χ4v) is 2.88. The fraction of sp³-hybridized carbons (Fsp3) is 0.467. The van der Waals surface area contributed by atoms with Crippen molar-refractivity contribution in [3.8, 4) is 0 Å². The Kier molecular flexibility index (Phi) is 5.76. The first-order valence-electron chi connectivity index (χ1n) is 7.36. The number of nitrogens with one attached hydrogen (secondary N) is 3. The third-order valence-corrected chi connectivity index (χ3v) is 3.96. The molecule has 2 amide bonds. The molecule has 2 aliphatic rings. The standard InChI is InChI=1S/C15H20N4O2.ClH/c20-14-9-19(10-15(21)17-14)18-13-3-1-11(2-4-13)12-5-7-16-8-6-12;/h1-4,12,16,18H,5-10H2,(H,17,20,21);1H. The zero-order valence-corrected chi connectivity index (χ0v) is 13.1. The topological polar surface area (TPSA) is 73.5 Å². The lowest BCUT2D eigenvalue weighted by molar-refractivity contribution is -0.135. The van der Waals surface area contributed by atoms with Crippen LogP contribution < -0.4 is 16.1 Å². The van der Waals surface area contributed by atoms with Crippen molar-refractivity contribution in [1.82, 2.24) is 15.6 Å². The summed E-state index contributed by atoms with van der Waals surface area (Å²) in [6.07, 6.45) is 2.35. The van der Waals surface area contributed by atoms with E-state index in [0.717, 1.165) is 18.8 Å². The zero-order valence-electron chi connectivity index (χ0n) is 12.3. The van der Waals surface area contributed by atoms with Gasteiger partial charge in [0, 0.05) is 5.69 Å². The highest BCUT2D eigenvalue weighted by molar-refractivity contribution is 5.99. The van der Waals surface area contributed by atoms with Crippen molar-refractivity contribution in [1.29, 1.82) is 0 Å². The molecule has 120 valence electrons. The Bertz CT molecular complexity index is 513. The van der Waals surface area contributed by atoms with Crippen LogP contribution in [-0.4, -0.2) is 43.0 Å². The number of anilines is 1. The van der Waals surface area contributed by atoms with Crippen LogP contribution in [0.4, 0.5) is 5.69 Å². The lowest BCUT2D eigenvalue weighted by atomic mass is 9.90. The van der Waals surface area contributed by atoms with Crippen LogP contribution in [0.3, 0.4) is 0 Å². The predicted molar refractivity (Wildman–Crippen MR) is 86.9 cm³/mol. The minimum atomic E-state index is -0.273. The minimum absolute atomic E-state index is 0. The van der Waals surface area contributed by atoms with E-state index in [1.165, 1.54) is 18.4 Å². The van der Waals surface area contributed by atoms with Gasteiger partial charge in [0.2, 0.25) is 11.8 Å². The largest absolute Gasteiger partial charge is 0.318 e. The summed E-state index contributed by atoms with van der Waals surface area (Å²) in [5, 5.41) is 7.28. The summed E-state index contributed by atoms with van der Waals surface area (Å²) in [4.78, 5) is 22.6. The van der Waals surface area contributed by atoms with Gasteiger partial charge in [-0.3, -0.25) is 14.9 Å². The number of carbonyl (C=O) groups excluding carboxylic acids is 2. The molecule has 3 rings (SSSR count). The highest BCUT2D eigenvalue weighted by Crippen LogP contribution is 2.26. The minimum Gasteiger partial charge on any atom is -0.318 e. The van der Waals surface area contributed by atoms with E-state index < -0.39 is 0 Å². The molecule has 2 saturated heterocycles. The van der Waals surface area contributed by atoms with E-state index in [9.17, 15) is 9.59 Å². The first-order valence-corrected chi connectivity index (χ1v) is 7.36. The molecule has 3 N–H and O–H groups in total. The molecule has 2 fully saturated rings. The molecule has 7 heteroatoms. The van der Waals surface area contributed by atoms with Crippen molar-refractivity contribution in [2.45, 2.75) is 18.8 Å². The van der Waals surface area contributed by atoms with Gasteiger partial charge in [0.05, 0.1) is 13.1 Å². The van der Waals surface area contributed by atoms with Gasteiger partial charge >= 0.3 is 0 Å². The highest BCUT2D eigenvalue weighted by Gasteiger charge is 2.22. The van der Waals surface area contributed by atoms with Crippen LogP contribution in [0.5, 0.6) is 0 Å². The van der Waals surface area contributed by atoms with Gasteiger partial charge in [-0.2, -0.15) is 0 Å². The second-order valence-electron chi connectivity index (χ2n) is 5.59. The molecule has 0 aliphatic carbocycles. The number of rotatable bonds is 3. The SMILES string of the molecule is Cl.O=C1CN(Nc2ccc(C3CCNCC3)cc2)CC(=O)N1. The van der Waals surface area contributed by atoms with Gasteiger partial charge in [-0.25, -0.2) is 5.01 Å². The lowest BCUT2D eigenvalue weighted by Crippen LogP contribution is -2.53. The smallest absolute Gasteiger partial charge is 0.242 e. The normalized spacial score (nSPS) is 20.2. The Balaban J connectivity index is 0.00000176. The van der Waals surface area contributed by atoms with Gasteiger partial charge in [-0.05, 0) is 49.5 Å². The van der Waals surface area contributed by atoms with Crippen molar-refractivity contribution >= 4 is 29.9 Å². The quantitative estimate of drug-likeness (QED) is 0.719. The predicted octanol–water partition coefficient (Wildman–Crippen LogP) is 0.861. The third-order valence-electron chi connectivity index (χ3n) is 3.96. The van der Waals surface area contributed by atoms with E-state index in [1.807, 2.05) is 12.1 Å². The molecule has 22 heavy (non-hydrogen) atoms. The van der Waals surface area contributed by atoms with Gasteiger partial charge < -0.3 is 10.7 Å². The van der Waals surface area contributed by atoms with Gasteiger partial charge in [-0.1, -0.05) is 12.1 Å². The van der Waals surface area contributed by atoms with Crippen LogP contribution in [0.25, 0.3) is 0 Å². The molecule has 0 saturated carbocycles. The Hall–Kier alpha value is -1.63. The summed E-state index contributed by atoms with van der Waals surface area (Å²) in [6.45, 7) is 2.52. The lowest BCUT2D eigenvalue weighted by Gasteiger charge is -2.27. The number of benzene rings is 1. The highest BCUT2D eigenvalue weighted by atomic mass is 35.5. The second-order valence-corrected chi connectivity index (χ2v) is 5.59. The van der Waals surface area contributed by atoms with Crippen LogP contribution in [0.2, 0.25) is 0 Å². The van der Waals surface area contributed by atoms with Crippen LogP contribution in [-0.2, 0) is 9.59 Å².